The van der Waals surface area contributed by atoms with Gasteiger partial charge in [0.1, 0.15) is 0 Å². The van der Waals surface area contributed by atoms with Crippen molar-refractivity contribution >= 4 is 71.4 Å². The number of aromatic nitrogens is 2. The molecule has 0 spiro atoms. The predicted molar refractivity (Wildman–Crippen MR) is 284 cm³/mol. The molecule has 13 rings (SSSR count). The Morgan fingerprint density at radius 1 is 0.254 bits per heavy atom. The van der Waals surface area contributed by atoms with Crippen LogP contribution in [0.2, 0.25) is 0 Å². The van der Waals surface area contributed by atoms with Gasteiger partial charge in [-0.1, -0.05) is 188 Å². The summed E-state index contributed by atoms with van der Waals surface area (Å²) in [6, 6.07) is 95.2. The van der Waals surface area contributed by atoms with E-state index in [4.69, 9.17) is 0 Å². The van der Waals surface area contributed by atoms with Crippen molar-refractivity contribution in [1.29, 1.82) is 0 Å². The lowest BCUT2D eigenvalue weighted by molar-refractivity contribution is 1.17. The lowest BCUT2D eigenvalue weighted by Crippen LogP contribution is -2.11. The average molecular weight is 854 g/mol. The molecule has 13 aromatic rings. The van der Waals surface area contributed by atoms with Crippen LogP contribution in [0.25, 0.3) is 99.1 Å². The average Bonchev–Trinajstić information content (AvgIpc) is 3.93. The largest absolute Gasteiger partial charge is 0.310 e. The fourth-order valence-corrected chi connectivity index (χ4v) is 10.4. The van der Waals surface area contributed by atoms with Gasteiger partial charge in [0.2, 0.25) is 0 Å². The molecule has 0 fully saturated rings. The standard InChI is InChI=1S/C64H43N3/c1-3-16-44(17-4-1)47-30-35-51(36-31-47)65(52-37-32-48(33-38-52)45-18-5-2-6-19-45)54-41-50(42-55(43-54)66-61-27-12-9-22-57(61)58-23-10-13-28-62(58)66)56-25-15-26-60-59-24-11-14-29-63(59)67(64(56)60)53-39-34-46-20-7-8-21-49(46)40-53/h1-43H. The van der Waals surface area contributed by atoms with E-state index in [1.54, 1.807) is 0 Å². The number of hydrogen-bond donors (Lipinski definition) is 0. The van der Waals surface area contributed by atoms with E-state index < -0.39 is 0 Å². The molecule has 0 N–H and O–H groups in total. The summed E-state index contributed by atoms with van der Waals surface area (Å²) >= 11 is 0. The summed E-state index contributed by atoms with van der Waals surface area (Å²) in [5, 5.41) is 7.34. The van der Waals surface area contributed by atoms with Gasteiger partial charge < -0.3 is 14.0 Å². The molecule has 0 amide bonds. The Morgan fingerprint density at radius 3 is 1.33 bits per heavy atom. The lowest BCUT2D eigenvalue weighted by atomic mass is 9.99. The highest BCUT2D eigenvalue weighted by Crippen LogP contribution is 2.44. The van der Waals surface area contributed by atoms with Crippen molar-refractivity contribution in [3.05, 3.63) is 261 Å². The minimum atomic E-state index is 1.06. The van der Waals surface area contributed by atoms with E-state index in [1.165, 1.54) is 76.6 Å². The van der Waals surface area contributed by atoms with Crippen molar-refractivity contribution in [1.82, 2.24) is 9.13 Å². The quantitative estimate of drug-likeness (QED) is 0.148. The van der Waals surface area contributed by atoms with Gasteiger partial charge in [0.05, 0.1) is 22.1 Å². The van der Waals surface area contributed by atoms with Gasteiger partial charge in [-0.15, -0.1) is 0 Å². The molecule has 11 aromatic carbocycles. The highest BCUT2D eigenvalue weighted by atomic mass is 15.1. The van der Waals surface area contributed by atoms with Crippen LogP contribution in [-0.2, 0) is 0 Å². The maximum atomic E-state index is 2.47. The number of anilines is 3. The Hall–Kier alpha value is -8.92. The fraction of sp³-hybridized carbons (Fsp3) is 0. The van der Waals surface area contributed by atoms with Crippen LogP contribution < -0.4 is 4.90 Å². The molecule has 3 heteroatoms. The zero-order chi connectivity index (χ0) is 44.3. The molecule has 314 valence electrons. The van der Waals surface area contributed by atoms with Crippen LogP contribution in [0.4, 0.5) is 17.1 Å². The zero-order valence-electron chi connectivity index (χ0n) is 36.7. The number of nitrogens with zero attached hydrogens (tertiary/aromatic N) is 3. The first-order valence-electron chi connectivity index (χ1n) is 23.0. The molecule has 3 nitrogen and oxygen atoms in total. The molecule has 0 unspecified atom stereocenters. The van der Waals surface area contributed by atoms with Crippen molar-refractivity contribution in [2.24, 2.45) is 0 Å². The summed E-state index contributed by atoms with van der Waals surface area (Å²) < 4.78 is 4.92. The maximum Gasteiger partial charge on any atom is 0.0619 e. The second kappa shape index (κ2) is 16.0. The molecule has 0 aliphatic carbocycles. The SMILES string of the molecule is c1ccc(-c2ccc(N(c3ccc(-c4ccccc4)cc3)c3cc(-c4cccc5c6ccccc6n(-c6ccc7ccccc7c6)c45)cc(-n4c5ccccc5c5ccccc54)c3)cc2)cc1. The number of rotatable bonds is 8. The summed E-state index contributed by atoms with van der Waals surface area (Å²) in [5.41, 5.74) is 17.1. The second-order valence-electron chi connectivity index (χ2n) is 17.4. The smallest absolute Gasteiger partial charge is 0.0619 e. The minimum Gasteiger partial charge on any atom is -0.310 e. The van der Waals surface area contributed by atoms with Crippen molar-refractivity contribution < 1.29 is 0 Å². The summed E-state index contributed by atoms with van der Waals surface area (Å²) in [6.07, 6.45) is 0. The summed E-state index contributed by atoms with van der Waals surface area (Å²) in [7, 11) is 0. The summed E-state index contributed by atoms with van der Waals surface area (Å²) in [4.78, 5) is 2.42. The third kappa shape index (κ3) is 6.59. The maximum absolute atomic E-state index is 2.47. The summed E-state index contributed by atoms with van der Waals surface area (Å²) in [6.45, 7) is 0. The predicted octanol–water partition coefficient (Wildman–Crippen LogP) is 17.5. The molecule has 0 saturated carbocycles. The number of benzene rings is 11. The van der Waals surface area contributed by atoms with Crippen molar-refractivity contribution in [3.63, 3.8) is 0 Å². The first kappa shape index (κ1) is 38.5. The van der Waals surface area contributed by atoms with E-state index >= 15 is 0 Å². The first-order chi connectivity index (χ1) is 33.2. The molecule has 2 heterocycles. The van der Waals surface area contributed by atoms with Gasteiger partial charge in [-0.2, -0.15) is 0 Å². The minimum absolute atomic E-state index is 1.06. The molecule has 0 atom stereocenters. The third-order valence-electron chi connectivity index (χ3n) is 13.5. The zero-order valence-corrected chi connectivity index (χ0v) is 36.7. The Kier molecular flexibility index (Phi) is 9.17. The van der Waals surface area contributed by atoms with Crippen LogP contribution in [0.3, 0.4) is 0 Å². The molecule has 67 heavy (non-hydrogen) atoms. The highest BCUT2D eigenvalue weighted by Gasteiger charge is 2.22. The van der Waals surface area contributed by atoms with Gasteiger partial charge in [0.15, 0.2) is 0 Å². The van der Waals surface area contributed by atoms with Crippen molar-refractivity contribution in [2.75, 3.05) is 4.90 Å². The Bertz CT molecular complexity index is 3820. The van der Waals surface area contributed by atoms with Gasteiger partial charge in [0.25, 0.3) is 0 Å². The topological polar surface area (TPSA) is 13.1 Å². The number of fused-ring (bicyclic) bond motifs is 7. The molecule has 0 saturated heterocycles. The molecular weight excluding hydrogens is 811 g/mol. The molecule has 0 bridgehead atoms. The van der Waals surface area contributed by atoms with Gasteiger partial charge in [-0.3, -0.25) is 0 Å². The van der Waals surface area contributed by atoms with Crippen molar-refractivity contribution in [2.45, 2.75) is 0 Å². The lowest BCUT2D eigenvalue weighted by Gasteiger charge is -2.27. The number of para-hydroxylation sites is 4. The van der Waals surface area contributed by atoms with Crippen LogP contribution in [0.5, 0.6) is 0 Å². The molecule has 0 aliphatic rings. The second-order valence-corrected chi connectivity index (χ2v) is 17.4. The number of hydrogen-bond acceptors (Lipinski definition) is 1. The molecule has 0 aliphatic heterocycles. The van der Waals surface area contributed by atoms with E-state index in [0.717, 1.165) is 39.6 Å². The van der Waals surface area contributed by atoms with Crippen LogP contribution in [0.1, 0.15) is 0 Å². The van der Waals surface area contributed by atoms with E-state index in [1.807, 2.05) is 0 Å². The molecule has 0 radical (unpaired) electrons. The van der Waals surface area contributed by atoms with Crippen molar-refractivity contribution in [3.8, 4) is 44.8 Å². The van der Waals surface area contributed by atoms with Gasteiger partial charge in [-0.25, -0.2) is 0 Å². The first-order valence-corrected chi connectivity index (χ1v) is 23.0. The fourth-order valence-electron chi connectivity index (χ4n) is 10.4. The highest BCUT2D eigenvalue weighted by molar-refractivity contribution is 6.14. The van der Waals surface area contributed by atoms with Gasteiger partial charge in [0, 0.05) is 55.5 Å². The molecular formula is C64H43N3. The van der Waals surface area contributed by atoms with Crippen LogP contribution >= 0.6 is 0 Å². The third-order valence-corrected chi connectivity index (χ3v) is 13.5. The van der Waals surface area contributed by atoms with Crippen LogP contribution in [-0.4, -0.2) is 9.13 Å². The Balaban J connectivity index is 1.10. The van der Waals surface area contributed by atoms with E-state index in [0.29, 0.717) is 0 Å². The van der Waals surface area contributed by atoms with E-state index in [9.17, 15) is 0 Å². The monoisotopic (exact) mass is 853 g/mol. The van der Waals surface area contributed by atoms with E-state index in [-0.39, 0.29) is 0 Å². The molecule has 2 aromatic heterocycles. The summed E-state index contributed by atoms with van der Waals surface area (Å²) in [5.74, 6) is 0. The van der Waals surface area contributed by atoms with Gasteiger partial charge >= 0.3 is 0 Å². The van der Waals surface area contributed by atoms with Crippen LogP contribution in [0.15, 0.2) is 261 Å². The Labute approximate surface area is 389 Å². The van der Waals surface area contributed by atoms with Gasteiger partial charge in [-0.05, 0) is 111 Å². The van der Waals surface area contributed by atoms with Crippen LogP contribution in [0, 0.1) is 0 Å². The Morgan fingerprint density at radius 2 is 0.731 bits per heavy atom. The normalized spacial score (nSPS) is 11.6. The van der Waals surface area contributed by atoms with E-state index in [2.05, 4.69) is 275 Å².